The zero-order chi connectivity index (χ0) is 29.4. The number of hydrogen-bond donors (Lipinski definition) is 8. The molecule has 0 amide bonds. The SMILES string of the molecule is O=C(O)CC(O)(CC(=O)OC(=O)CC(O)(CC(=O)OC(=O)CC(O)(CC(=O)O)C(=O)O)C(=O)O)C(=O)O.[KH].[NaH]. The van der Waals surface area contributed by atoms with E-state index < -0.39 is 109 Å². The summed E-state index contributed by atoms with van der Waals surface area (Å²) in [7, 11) is 0. The molecule has 210 valence electrons. The number of aliphatic carboxylic acids is 5. The van der Waals surface area contributed by atoms with Crippen molar-refractivity contribution in [1.82, 2.24) is 0 Å². The average molecular weight is 604 g/mol. The molecule has 0 rings (SSSR count). The molecule has 0 bridgehead atoms. The molecular weight excluding hydrogens is 582 g/mol. The third-order valence-corrected chi connectivity index (χ3v) is 4.28. The Bertz CT molecular complexity index is 954. The molecule has 0 spiro atoms. The van der Waals surface area contributed by atoms with Crippen LogP contribution in [0.4, 0.5) is 0 Å². The summed E-state index contributed by atoms with van der Waals surface area (Å²) in [6.45, 7) is 0. The topological polar surface area (TPSA) is 334 Å². The number of carboxylic acid groups (broad SMARTS) is 5. The van der Waals surface area contributed by atoms with Gasteiger partial charge in [0.1, 0.15) is 0 Å². The second-order valence-electron chi connectivity index (χ2n) is 7.55. The molecule has 0 aromatic heterocycles. The number of hydrogen-bond acceptors (Lipinski definition) is 14. The fourth-order valence-electron chi connectivity index (χ4n) is 2.49. The van der Waals surface area contributed by atoms with Crippen molar-refractivity contribution < 1.29 is 93.5 Å². The molecule has 0 aromatic carbocycles. The van der Waals surface area contributed by atoms with Crippen LogP contribution in [-0.4, -0.2) is 192 Å². The summed E-state index contributed by atoms with van der Waals surface area (Å²) < 4.78 is 8.05. The predicted molar refractivity (Wildman–Crippen MR) is 117 cm³/mol. The second-order valence-corrected chi connectivity index (χ2v) is 7.55. The van der Waals surface area contributed by atoms with Crippen molar-refractivity contribution in [2.45, 2.75) is 55.3 Å². The Morgan fingerprint density at radius 2 is 0.615 bits per heavy atom. The van der Waals surface area contributed by atoms with Crippen LogP contribution in [0.5, 0.6) is 0 Å². The standard InChI is InChI=1S/C18H20O19.K.Na.2H/c19-7(20)1-16(33,13(27)28)3-9(23)36-11(25)5-18(35,15(31)32)6-12(26)37-10(24)4-17(34,14(29)30)2-8(21)22;;;;/h33-35H,1-6H2,(H,19,20)(H,21,22)(H,27,28)(H,29,30)(H,31,32);;;;. The van der Waals surface area contributed by atoms with Gasteiger partial charge in [0.15, 0.2) is 16.8 Å². The van der Waals surface area contributed by atoms with Gasteiger partial charge < -0.3 is 50.3 Å². The van der Waals surface area contributed by atoms with Gasteiger partial charge in [-0.05, 0) is 0 Å². The zero-order valence-corrected chi connectivity index (χ0v) is 18.3. The third-order valence-electron chi connectivity index (χ3n) is 4.28. The van der Waals surface area contributed by atoms with Crippen molar-refractivity contribution in [3.63, 3.8) is 0 Å². The minimum absolute atomic E-state index is 0. The summed E-state index contributed by atoms with van der Waals surface area (Å²) >= 11 is 0. The average Bonchev–Trinajstić information content (AvgIpc) is 2.64. The quantitative estimate of drug-likeness (QED) is 0.0491. The van der Waals surface area contributed by atoms with E-state index in [1.165, 1.54) is 0 Å². The van der Waals surface area contributed by atoms with Crippen LogP contribution in [0.2, 0.25) is 0 Å². The Hall–Kier alpha value is -1.85. The molecule has 0 saturated heterocycles. The molecule has 0 radical (unpaired) electrons. The van der Waals surface area contributed by atoms with Crippen LogP contribution in [0.1, 0.15) is 38.5 Å². The molecule has 39 heavy (non-hydrogen) atoms. The molecule has 0 heterocycles. The molecule has 0 aliphatic rings. The normalized spacial score (nSPS) is 14.7. The van der Waals surface area contributed by atoms with E-state index in [2.05, 4.69) is 9.47 Å². The van der Waals surface area contributed by atoms with Gasteiger partial charge in [0, 0.05) is 0 Å². The number of carboxylic acids is 5. The third kappa shape index (κ3) is 14.4. The first-order chi connectivity index (χ1) is 16.7. The fourth-order valence-corrected chi connectivity index (χ4v) is 2.49. The molecule has 0 aliphatic carbocycles. The second kappa shape index (κ2) is 17.1. The van der Waals surface area contributed by atoms with Crippen LogP contribution < -0.4 is 0 Å². The van der Waals surface area contributed by atoms with Crippen molar-refractivity contribution in [2.75, 3.05) is 0 Å². The van der Waals surface area contributed by atoms with Crippen LogP contribution in [0.3, 0.4) is 0 Å². The van der Waals surface area contributed by atoms with Gasteiger partial charge in [-0.25, -0.2) is 14.4 Å². The van der Waals surface area contributed by atoms with E-state index in [-0.39, 0.29) is 80.9 Å². The first-order valence-corrected chi connectivity index (χ1v) is 9.44. The monoisotopic (exact) mass is 604 g/mol. The molecule has 8 N–H and O–H groups in total. The van der Waals surface area contributed by atoms with Gasteiger partial charge in [-0.15, -0.1) is 0 Å². The van der Waals surface area contributed by atoms with E-state index in [4.69, 9.17) is 25.5 Å². The van der Waals surface area contributed by atoms with Gasteiger partial charge in [-0.3, -0.25) is 28.8 Å². The summed E-state index contributed by atoms with van der Waals surface area (Å²) in [4.78, 5) is 102. The molecule has 0 saturated carbocycles. The molecule has 0 aliphatic heterocycles. The first kappa shape index (κ1) is 41.6. The number of esters is 4. The van der Waals surface area contributed by atoms with Crippen molar-refractivity contribution in [3.8, 4) is 0 Å². The van der Waals surface area contributed by atoms with E-state index in [1.807, 2.05) is 0 Å². The van der Waals surface area contributed by atoms with Crippen molar-refractivity contribution in [3.05, 3.63) is 0 Å². The predicted octanol–water partition coefficient (Wildman–Crippen LogP) is -5.21. The first-order valence-electron chi connectivity index (χ1n) is 9.44. The maximum atomic E-state index is 11.8. The molecular formula is C18H22KNaO19. The Morgan fingerprint density at radius 3 is 0.769 bits per heavy atom. The van der Waals surface area contributed by atoms with Crippen molar-refractivity contribution >= 4 is 135 Å². The van der Waals surface area contributed by atoms with Gasteiger partial charge in [0.2, 0.25) is 0 Å². The summed E-state index contributed by atoms with van der Waals surface area (Å²) in [5, 5.41) is 73.5. The minimum atomic E-state index is -3.44. The van der Waals surface area contributed by atoms with E-state index >= 15 is 0 Å². The number of aliphatic hydroxyl groups is 3. The summed E-state index contributed by atoms with van der Waals surface area (Å²) in [6, 6.07) is 0. The maximum absolute atomic E-state index is 11.8. The van der Waals surface area contributed by atoms with Crippen LogP contribution in [-0.2, 0) is 52.6 Å². The van der Waals surface area contributed by atoms with E-state index in [0.29, 0.717) is 0 Å². The van der Waals surface area contributed by atoms with Gasteiger partial charge >= 0.3 is 135 Å². The Kier molecular flexibility index (Phi) is 18.2. The van der Waals surface area contributed by atoms with Gasteiger partial charge in [-0.2, -0.15) is 0 Å². The van der Waals surface area contributed by atoms with Crippen LogP contribution >= 0.6 is 0 Å². The van der Waals surface area contributed by atoms with Gasteiger partial charge in [0.05, 0.1) is 38.5 Å². The van der Waals surface area contributed by atoms with E-state index in [9.17, 15) is 58.5 Å². The molecule has 21 heteroatoms. The molecule has 19 nitrogen and oxygen atoms in total. The molecule has 2 atom stereocenters. The number of rotatable bonds is 15. The number of carbonyl (C=O) groups excluding carboxylic acids is 4. The Morgan fingerprint density at radius 1 is 0.436 bits per heavy atom. The summed E-state index contributed by atoms with van der Waals surface area (Å²) in [5.41, 5.74) is -9.90. The molecule has 2 unspecified atom stereocenters. The zero-order valence-electron chi connectivity index (χ0n) is 18.3. The molecule has 0 aromatic rings. The van der Waals surface area contributed by atoms with Crippen LogP contribution in [0.25, 0.3) is 0 Å². The fraction of sp³-hybridized carbons (Fsp3) is 0.500. The number of carbonyl (C=O) groups is 9. The van der Waals surface area contributed by atoms with Gasteiger partial charge in [0.25, 0.3) is 0 Å². The van der Waals surface area contributed by atoms with Crippen LogP contribution in [0.15, 0.2) is 0 Å². The summed E-state index contributed by atoms with van der Waals surface area (Å²) in [6.07, 6.45) is -9.67. The van der Waals surface area contributed by atoms with E-state index in [1.54, 1.807) is 0 Å². The van der Waals surface area contributed by atoms with E-state index in [0.717, 1.165) is 0 Å². The number of ether oxygens (including phenoxy) is 2. The van der Waals surface area contributed by atoms with Crippen molar-refractivity contribution in [2.24, 2.45) is 0 Å². The van der Waals surface area contributed by atoms with Crippen molar-refractivity contribution in [1.29, 1.82) is 0 Å². The van der Waals surface area contributed by atoms with Gasteiger partial charge in [-0.1, -0.05) is 0 Å². The molecule has 0 fully saturated rings. The summed E-state index contributed by atoms with van der Waals surface area (Å²) in [5.74, 6) is -18.0. The Balaban J connectivity index is -0.00000648. The Labute approximate surface area is 280 Å². The van der Waals surface area contributed by atoms with Crippen LogP contribution in [0, 0.1) is 0 Å².